The van der Waals surface area contributed by atoms with Gasteiger partial charge in [0, 0.05) is 74.8 Å². The minimum atomic E-state index is -1.27. The maximum Gasteiger partial charge on any atom is 0.305 e. The molecule has 1 aliphatic carbocycles. The number of carbonyl (C=O) groups is 1. The number of fused-ring (bicyclic) bond motifs is 8. The molecule has 2 aliphatic heterocycles. The average Bonchev–Trinajstić information content (AvgIpc) is 3.82. The Morgan fingerprint density at radius 1 is 1.04 bits per heavy atom. The molecule has 3 N–H and O–H groups in total. The number of aromatic nitrogens is 4. The molecule has 240 valence electrons. The number of H-pyrrole nitrogens is 2. The van der Waals surface area contributed by atoms with Gasteiger partial charge in [0.15, 0.2) is 0 Å². The minimum Gasteiger partial charge on any atom is -0.469 e. The second-order valence-electron chi connectivity index (χ2n) is 13.2. The van der Waals surface area contributed by atoms with E-state index in [1.54, 1.807) is 0 Å². The van der Waals surface area contributed by atoms with Crippen molar-refractivity contribution in [3.63, 3.8) is 0 Å². The lowest BCUT2D eigenvalue weighted by molar-refractivity contribution is -0.140. The fourth-order valence-electron chi connectivity index (χ4n) is 8.02. The van der Waals surface area contributed by atoms with E-state index >= 15 is 0 Å². The Morgan fingerprint density at radius 3 is 2.47 bits per heavy atom. The van der Waals surface area contributed by atoms with Crippen molar-refractivity contribution in [3.8, 4) is 0 Å². The van der Waals surface area contributed by atoms with E-state index in [9.17, 15) is 9.90 Å². The van der Waals surface area contributed by atoms with Gasteiger partial charge >= 0.3 is 5.97 Å². The fraction of sp³-hybridized carbons (Fsp3) is 0.325. The van der Waals surface area contributed by atoms with E-state index in [0.717, 1.165) is 84.7 Å². The Morgan fingerprint density at radius 2 is 1.77 bits per heavy atom. The minimum absolute atomic E-state index is 0.0241. The summed E-state index contributed by atoms with van der Waals surface area (Å²) in [5.74, 6) is -0.273. The summed E-state index contributed by atoms with van der Waals surface area (Å²) in [5, 5.41) is 12.7. The second kappa shape index (κ2) is 11.5. The monoisotopic (exact) mass is 626 g/mol. The third-order valence-corrected chi connectivity index (χ3v) is 10.7. The van der Waals surface area contributed by atoms with Crippen LogP contribution in [-0.4, -0.2) is 38.1 Å². The molecule has 3 atom stereocenters. The van der Waals surface area contributed by atoms with Crippen molar-refractivity contribution < 1.29 is 14.6 Å². The zero-order valence-corrected chi connectivity index (χ0v) is 28.0. The molecule has 1 aromatic carbocycles. The molecule has 7 heteroatoms. The van der Waals surface area contributed by atoms with E-state index in [4.69, 9.17) is 14.7 Å². The number of ether oxygens (including phenoxy) is 1. The number of allylic oxidation sites excluding steroid dienone is 1. The van der Waals surface area contributed by atoms with Crippen molar-refractivity contribution in [2.45, 2.75) is 77.7 Å². The van der Waals surface area contributed by atoms with Gasteiger partial charge in [-0.3, -0.25) is 9.78 Å². The summed E-state index contributed by atoms with van der Waals surface area (Å²) in [6.07, 6.45) is 3.98. The first-order valence-corrected chi connectivity index (χ1v) is 16.5. The van der Waals surface area contributed by atoms with Gasteiger partial charge in [-0.05, 0) is 79.6 Å². The normalized spacial score (nSPS) is 20.1. The molecule has 0 spiro atoms. The lowest BCUT2D eigenvalue weighted by atomic mass is 9.83. The van der Waals surface area contributed by atoms with Gasteiger partial charge in [0.2, 0.25) is 0 Å². The van der Waals surface area contributed by atoms with Crippen molar-refractivity contribution >= 4 is 45.3 Å². The van der Waals surface area contributed by atoms with Crippen LogP contribution in [-0.2, 0) is 28.0 Å². The van der Waals surface area contributed by atoms with Gasteiger partial charge < -0.3 is 19.8 Å². The van der Waals surface area contributed by atoms with E-state index in [1.807, 2.05) is 36.4 Å². The maximum atomic E-state index is 12.7. The highest BCUT2D eigenvalue weighted by molar-refractivity contribution is 5.99. The number of aryl methyl sites for hydroxylation is 3. The Hall–Kier alpha value is -4.75. The molecule has 3 aliphatic rings. The number of esters is 1. The predicted octanol–water partition coefficient (Wildman–Crippen LogP) is 8.35. The summed E-state index contributed by atoms with van der Waals surface area (Å²) in [4.78, 5) is 30.4. The predicted molar refractivity (Wildman–Crippen MR) is 189 cm³/mol. The zero-order valence-electron chi connectivity index (χ0n) is 28.0. The van der Waals surface area contributed by atoms with Crippen molar-refractivity contribution in [2.75, 3.05) is 7.11 Å². The van der Waals surface area contributed by atoms with Crippen LogP contribution in [0.25, 0.3) is 39.3 Å². The van der Waals surface area contributed by atoms with Gasteiger partial charge in [-0.25, -0.2) is 4.98 Å². The number of methoxy groups -OCH3 is 1. The second-order valence-corrected chi connectivity index (χ2v) is 13.2. The van der Waals surface area contributed by atoms with Crippen LogP contribution in [0.2, 0.25) is 0 Å². The Balaban J connectivity index is 1.62. The summed E-state index contributed by atoms with van der Waals surface area (Å²) < 4.78 is 5.04. The topological polar surface area (TPSA) is 104 Å². The third kappa shape index (κ3) is 4.78. The zero-order chi connectivity index (χ0) is 33.2. The van der Waals surface area contributed by atoms with Crippen molar-refractivity contribution in [3.05, 3.63) is 111 Å². The molecular formula is C40H42N4O3. The van der Waals surface area contributed by atoms with Crippen LogP contribution in [0.3, 0.4) is 0 Å². The van der Waals surface area contributed by atoms with Gasteiger partial charge in [-0.15, -0.1) is 0 Å². The molecule has 0 saturated carbocycles. The van der Waals surface area contributed by atoms with Crippen molar-refractivity contribution in [2.24, 2.45) is 0 Å². The van der Waals surface area contributed by atoms with Gasteiger partial charge in [0.05, 0.1) is 18.5 Å². The highest BCUT2D eigenvalue weighted by Crippen LogP contribution is 2.54. The number of nitrogens with zero attached hydrogens (tertiary/aromatic N) is 2. The highest BCUT2D eigenvalue weighted by atomic mass is 16.5. The van der Waals surface area contributed by atoms with Gasteiger partial charge in [-0.2, -0.15) is 0 Å². The number of rotatable bonds is 6. The summed E-state index contributed by atoms with van der Waals surface area (Å²) >= 11 is 0. The van der Waals surface area contributed by atoms with Crippen LogP contribution in [0.5, 0.6) is 0 Å². The molecule has 0 unspecified atom stereocenters. The van der Waals surface area contributed by atoms with Crippen molar-refractivity contribution in [1.29, 1.82) is 0 Å². The molecule has 7 rings (SSSR count). The molecule has 8 bridgehead atoms. The number of hydrogen-bond acceptors (Lipinski definition) is 5. The summed E-state index contributed by atoms with van der Waals surface area (Å²) in [7, 11) is 1.43. The van der Waals surface area contributed by atoms with Gasteiger partial charge in [0.1, 0.15) is 5.60 Å². The van der Waals surface area contributed by atoms with Crippen LogP contribution < -0.4 is 0 Å². The van der Waals surface area contributed by atoms with Crippen molar-refractivity contribution in [1.82, 2.24) is 19.9 Å². The number of hydrogen-bond donors (Lipinski definition) is 3. The van der Waals surface area contributed by atoms with Crippen LogP contribution in [0, 0.1) is 13.8 Å². The number of aliphatic hydroxyl groups is 1. The van der Waals surface area contributed by atoms with E-state index in [-0.39, 0.29) is 24.2 Å². The fourth-order valence-corrected chi connectivity index (χ4v) is 8.02. The highest BCUT2D eigenvalue weighted by Gasteiger charge is 2.48. The van der Waals surface area contributed by atoms with Gasteiger partial charge in [0.25, 0.3) is 0 Å². The molecule has 5 heterocycles. The van der Waals surface area contributed by atoms with E-state index in [2.05, 4.69) is 69.4 Å². The number of carbonyl (C=O) groups excluding carboxylic acids is 1. The van der Waals surface area contributed by atoms with E-state index in [1.165, 1.54) is 18.2 Å². The number of benzene rings is 1. The van der Waals surface area contributed by atoms with Crippen LogP contribution in [0.15, 0.2) is 55.1 Å². The number of nitrogens with one attached hydrogen (secondary N) is 2. The molecule has 3 aromatic heterocycles. The van der Waals surface area contributed by atoms with Crippen LogP contribution in [0.4, 0.5) is 0 Å². The first-order chi connectivity index (χ1) is 22.6. The maximum absolute atomic E-state index is 12.7. The molecule has 0 amide bonds. The Bertz CT molecular complexity index is 2150. The average molecular weight is 627 g/mol. The van der Waals surface area contributed by atoms with E-state index < -0.39 is 5.60 Å². The Kier molecular flexibility index (Phi) is 7.55. The number of aromatic amines is 2. The molecule has 4 aromatic rings. The standard InChI is InChI=1S/C40H42N4O3/c1-8-26-21(3)30-17-32-23(5)28(15-16-36(45)47-7)38(43-32)29-20-40(46,25-13-11-10-12-14-25)37-24(6)33(44-39(29)37)19-35-27(9-2)22(4)31(42-35)18-34(26)41-30/h8,10-14,17-19,23,28,41-42,46H,1,9,15-16,20H2,2-7H3/t23-,28-,40-/m0/s1. The molecule has 0 radical (unpaired) electrons. The van der Waals surface area contributed by atoms with Gasteiger partial charge in [-0.1, -0.05) is 56.8 Å². The lowest BCUT2D eigenvalue weighted by Gasteiger charge is -2.26. The smallest absolute Gasteiger partial charge is 0.305 e. The summed E-state index contributed by atoms with van der Waals surface area (Å²) in [6, 6.07) is 16.3. The van der Waals surface area contributed by atoms with Crippen LogP contribution >= 0.6 is 0 Å². The first kappa shape index (κ1) is 30.9. The quantitative estimate of drug-likeness (QED) is 0.187. The molecule has 0 fully saturated rings. The summed E-state index contributed by atoms with van der Waals surface area (Å²) in [5.41, 5.74) is 14.3. The molecule has 0 saturated heterocycles. The lowest BCUT2D eigenvalue weighted by Crippen LogP contribution is -2.25. The Labute approximate surface area is 275 Å². The summed E-state index contributed by atoms with van der Waals surface area (Å²) in [6.45, 7) is 14.8. The third-order valence-electron chi connectivity index (χ3n) is 10.7. The molecule has 7 nitrogen and oxygen atoms in total. The molecule has 47 heavy (non-hydrogen) atoms. The van der Waals surface area contributed by atoms with E-state index in [0.29, 0.717) is 12.8 Å². The molecular weight excluding hydrogens is 584 g/mol. The van der Waals surface area contributed by atoms with Crippen LogP contribution in [0.1, 0.15) is 102 Å². The first-order valence-electron chi connectivity index (χ1n) is 16.5. The SMILES string of the molecule is C=Cc1c(C)c2cc3nc(c4c5nc(cc6[nH]c(cc1[nH]2)c(C)c6CC)C(C)=C5[C@@](O)(c1ccccc1)C4)[C@@H](CCC(=O)OC)[C@@H]3C. The largest absolute Gasteiger partial charge is 0.469 e.